The van der Waals surface area contributed by atoms with Gasteiger partial charge < -0.3 is 24.7 Å². The van der Waals surface area contributed by atoms with E-state index in [1.165, 1.54) is 19.4 Å². The molecular weight excluding hydrogens is 190 g/mol. The summed E-state index contributed by atoms with van der Waals surface area (Å²) in [6.45, 7) is -0.0872. The number of hydrogen-bond acceptors (Lipinski definition) is 5. The summed E-state index contributed by atoms with van der Waals surface area (Å²) in [5.41, 5.74) is 0.383. The van der Waals surface area contributed by atoms with Crippen LogP contribution < -0.4 is 5.32 Å². The number of alkyl carbamates (subject to hydrolysis) is 1. The second-order valence-corrected chi connectivity index (χ2v) is 2.42. The largest absolute Gasteiger partial charge is 0.463 e. The summed E-state index contributed by atoms with van der Waals surface area (Å²) in [5.74, 6) is -0.103. The standard InChI is InChI=1S/C8H10NO5/c1-9-8(12)14-4-5-2-3-13-6(5)7(10)11/h2-3,10-11H,4H2,1H3,(H,9,12). The van der Waals surface area contributed by atoms with E-state index in [1.54, 1.807) is 0 Å². The van der Waals surface area contributed by atoms with E-state index in [4.69, 9.17) is 14.6 Å². The van der Waals surface area contributed by atoms with Crippen LogP contribution in [0.3, 0.4) is 0 Å². The third-order valence-electron chi connectivity index (χ3n) is 1.51. The van der Waals surface area contributed by atoms with Crippen molar-refractivity contribution in [2.24, 2.45) is 0 Å². The van der Waals surface area contributed by atoms with Gasteiger partial charge in [0, 0.05) is 12.6 Å². The van der Waals surface area contributed by atoms with Crippen LogP contribution in [-0.4, -0.2) is 23.4 Å². The topological polar surface area (TPSA) is 91.9 Å². The lowest BCUT2D eigenvalue weighted by molar-refractivity contribution is 0.0877. The maximum absolute atomic E-state index is 10.7. The maximum atomic E-state index is 10.7. The fraction of sp³-hybridized carbons (Fsp3) is 0.250. The smallest absolute Gasteiger partial charge is 0.407 e. The zero-order valence-corrected chi connectivity index (χ0v) is 7.48. The van der Waals surface area contributed by atoms with Crippen molar-refractivity contribution in [3.05, 3.63) is 29.9 Å². The number of amides is 1. The van der Waals surface area contributed by atoms with Gasteiger partial charge in [0.25, 0.3) is 6.29 Å². The van der Waals surface area contributed by atoms with Crippen molar-refractivity contribution in [1.29, 1.82) is 0 Å². The lowest BCUT2D eigenvalue weighted by Crippen LogP contribution is -2.19. The minimum absolute atomic E-state index is 0.0872. The van der Waals surface area contributed by atoms with E-state index in [2.05, 4.69) is 10.1 Å². The first-order chi connectivity index (χ1) is 6.65. The van der Waals surface area contributed by atoms with Crippen molar-refractivity contribution >= 4 is 6.09 Å². The van der Waals surface area contributed by atoms with Crippen molar-refractivity contribution < 1.29 is 24.2 Å². The van der Waals surface area contributed by atoms with Crippen LogP contribution in [0.25, 0.3) is 0 Å². The van der Waals surface area contributed by atoms with Crippen molar-refractivity contribution in [2.75, 3.05) is 7.05 Å². The van der Waals surface area contributed by atoms with Crippen LogP contribution in [0, 0.1) is 6.29 Å². The average Bonchev–Trinajstić information content (AvgIpc) is 2.62. The van der Waals surface area contributed by atoms with E-state index >= 15 is 0 Å². The quantitative estimate of drug-likeness (QED) is 0.668. The Bertz CT molecular complexity index is 306. The molecule has 0 unspecified atom stereocenters. The molecule has 1 heterocycles. The van der Waals surface area contributed by atoms with Gasteiger partial charge in [0.05, 0.1) is 6.26 Å². The average molecular weight is 200 g/mol. The van der Waals surface area contributed by atoms with Crippen LogP contribution in [0.2, 0.25) is 0 Å². The van der Waals surface area contributed by atoms with Gasteiger partial charge in [-0.3, -0.25) is 0 Å². The molecule has 0 spiro atoms. The van der Waals surface area contributed by atoms with E-state index in [0.717, 1.165) is 0 Å². The maximum Gasteiger partial charge on any atom is 0.407 e. The van der Waals surface area contributed by atoms with E-state index in [-0.39, 0.29) is 12.4 Å². The van der Waals surface area contributed by atoms with Gasteiger partial charge in [0.15, 0.2) is 5.76 Å². The zero-order chi connectivity index (χ0) is 10.6. The molecule has 0 fully saturated rings. The summed E-state index contributed by atoms with van der Waals surface area (Å²) in [7, 11) is 1.42. The summed E-state index contributed by atoms with van der Waals surface area (Å²) in [5, 5.41) is 19.7. The highest BCUT2D eigenvalue weighted by molar-refractivity contribution is 5.66. The highest BCUT2D eigenvalue weighted by atomic mass is 16.5. The minimum atomic E-state index is -0.939. The molecule has 6 heteroatoms. The Morgan fingerprint density at radius 3 is 2.93 bits per heavy atom. The zero-order valence-electron chi connectivity index (χ0n) is 7.48. The monoisotopic (exact) mass is 200 g/mol. The van der Waals surface area contributed by atoms with Gasteiger partial charge >= 0.3 is 6.09 Å². The van der Waals surface area contributed by atoms with Crippen LogP contribution in [0.1, 0.15) is 11.3 Å². The molecule has 0 aliphatic rings. The molecule has 1 radical (unpaired) electrons. The summed E-state index contributed by atoms with van der Waals surface area (Å²) in [4.78, 5) is 10.7. The number of carbonyl (C=O) groups excluding carboxylic acids is 1. The molecule has 0 aliphatic carbocycles. The van der Waals surface area contributed by atoms with Gasteiger partial charge in [-0.1, -0.05) is 0 Å². The lowest BCUT2D eigenvalue weighted by Gasteiger charge is -2.04. The van der Waals surface area contributed by atoms with Crippen LogP contribution in [0.4, 0.5) is 4.79 Å². The van der Waals surface area contributed by atoms with E-state index in [0.29, 0.717) is 5.56 Å². The molecule has 0 atom stereocenters. The second-order valence-electron chi connectivity index (χ2n) is 2.42. The third-order valence-corrected chi connectivity index (χ3v) is 1.51. The Balaban J connectivity index is 2.58. The Labute approximate surface area is 80.1 Å². The van der Waals surface area contributed by atoms with E-state index < -0.39 is 12.4 Å². The highest BCUT2D eigenvalue weighted by Crippen LogP contribution is 2.17. The Kier molecular flexibility index (Phi) is 3.49. The van der Waals surface area contributed by atoms with E-state index in [1.807, 2.05) is 0 Å². The number of furan rings is 1. The van der Waals surface area contributed by atoms with Gasteiger partial charge in [-0.05, 0) is 6.07 Å². The molecule has 1 amide bonds. The van der Waals surface area contributed by atoms with Crippen LogP contribution >= 0.6 is 0 Å². The molecule has 0 bridgehead atoms. The first-order valence-electron chi connectivity index (χ1n) is 3.81. The fourth-order valence-corrected chi connectivity index (χ4v) is 0.861. The Hall–Kier alpha value is -1.53. The predicted molar refractivity (Wildman–Crippen MR) is 44.2 cm³/mol. The fourth-order valence-electron chi connectivity index (χ4n) is 0.861. The predicted octanol–water partition coefficient (Wildman–Crippen LogP) is 0.718. The first kappa shape index (κ1) is 10.6. The lowest BCUT2D eigenvalue weighted by atomic mass is 10.2. The van der Waals surface area contributed by atoms with Gasteiger partial charge in [0.1, 0.15) is 6.61 Å². The number of rotatable bonds is 3. The summed E-state index contributed by atoms with van der Waals surface area (Å²) >= 11 is 0. The number of aliphatic hydroxyl groups is 2. The number of aliphatic hydroxyl groups excluding tert-OH is 1. The van der Waals surface area contributed by atoms with Crippen LogP contribution in [-0.2, 0) is 11.3 Å². The molecule has 0 saturated heterocycles. The molecule has 0 saturated carbocycles. The van der Waals surface area contributed by atoms with Crippen molar-refractivity contribution in [1.82, 2.24) is 5.32 Å². The molecule has 6 nitrogen and oxygen atoms in total. The molecule has 1 aromatic heterocycles. The molecule has 0 aromatic carbocycles. The summed E-state index contributed by atoms with van der Waals surface area (Å²) < 4.78 is 9.42. The van der Waals surface area contributed by atoms with Crippen molar-refractivity contribution in [3.63, 3.8) is 0 Å². The summed E-state index contributed by atoms with van der Waals surface area (Å²) in [6.07, 6.45) is -0.273. The minimum Gasteiger partial charge on any atom is -0.463 e. The molecule has 1 rings (SSSR count). The van der Waals surface area contributed by atoms with E-state index in [9.17, 15) is 4.79 Å². The van der Waals surface area contributed by atoms with Crippen molar-refractivity contribution in [3.8, 4) is 0 Å². The molecule has 77 valence electrons. The number of hydrogen-bond donors (Lipinski definition) is 3. The molecule has 14 heavy (non-hydrogen) atoms. The number of ether oxygens (including phenoxy) is 1. The van der Waals surface area contributed by atoms with Gasteiger partial charge in [0.2, 0.25) is 0 Å². The van der Waals surface area contributed by atoms with Crippen LogP contribution in [0.5, 0.6) is 0 Å². The normalized spacial score (nSPS) is 10.3. The third kappa shape index (κ3) is 2.48. The van der Waals surface area contributed by atoms with Gasteiger partial charge in [-0.2, -0.15) is 0 Å². The van der Waals surface area contributed by atoms with Gasteiger partial charge in [-0.25, -0.2) is 4.79 Å². The Morgan fingerprint density at radius 1 is 1.64 bits per heavy atom. The molecule has 3 N–H and O–H groups in total. The second kappa shape index (κ2) is 4.64. The highest BCUT2D eigenvalue weighted by Gasteiger charge is 2.16. The first-order valence-corrected chi connectivity index (χ1v) is 3.81. The molecular formula is C8H10NO5. The summed E-state index contributed by atoms with van der Waals surface area (Å²) in [6, 6.07) is 1.48. The van der Waals surface area contributed by atoms with Crippen molar-refractivity contribution in [2.45, 2.75) is 6.61 Å². The number of nitrogens with one attached hydrogen (secondary N) is 1. The molecule has 0 aliphatic heterocycles. The SMILES string of the molecule is CNC(=O)OCc1ccoc1[C](O)O. The number of carbonyl (C=O) groups is 1. The van der Waals surface area contributed by atoms with Crippen LogP contribution in [0.15, 0.2) is 16.7 Å². The Morgan fingerprint density at radius 2 is 2.36 bits per heavy atom. The van der Waals surface area contributed by atoms with Gasteiger partial charge in [-0.15, -0.1) is 0 Å². The molecule has 1 aromatic rings.